The Morgan fingerprint density at radius 1 is 0.579 bits per heavy atom. The summed E-state index contributed by atoms with van der Waals surface area (Å²) in [4.78, 5) is 0. The van der Waals surface area contributed by atoms with Crippen LogP contribution in [0.25, 0.3) is 0 Å². The van der Waals surface area contributed by atoms with E-state index in [0.29, 0.717) is 0 Å². The number of hydrogen-bond donors (Lipinski definition) is 1. The van der Waals surface area contributed by atoms with E-state index in [-0.39, 0.29) is 6.10 Å². The highest BCUT2D eigenvalue weighted by Gasteiger charge is 1.99. The summed E-state index contributed by atoms with van der Waals surface area (Å²) in [6.45, 7) is 0. The zero-order chi connectivity index (χ0) is 13.6. The van der Waals surface area contributed by atoms with E-state index in [9.17, 15) is 5.11 Å². The molecule has 1 aliphatic rings. The second-order valence-corrected chi connectivity index (χ2v) is 6.17. The standard InChI is InChI=1S/C18H34O/c19-18-16-14-12-10-8-6-4-2-1-3-5-7-9-11-13-15-17-18/h14,16,18-19H,1-13,15,17H2/b16-14+/t18-/m1/s1. The molecule has 0 aromatic rings. The third kappa shape index (κ3) is 11.2. The van der Waals surface area contributed by atoms with Crippen molar-refractivity contribution in [3.05, 3.63) is 12.2 Å². The van der Waals surface area contributed by atoms with Crippen molar-refractivity contribution < 1.29 is 5.11 Å². The van der Waals surface area contributed by atoms with E-state index in [4.69, 9.17) is 0 Å². The van der Waals surface area contributed by atoms with Gasteiger partial charge in [0.15, 0.2) is 0 Å². The molecule has 1 aliphatic carbocycles. The molecule has 112 valence electrons. The molecule has 0 saturated heterocycles. The van der Waals surface area contributed by atoms with Gasteiger partial charge >= 0.3 is 0 Å². The van der Waals surface area contributed by atoms with E-state index in [2.05, 4.69) is 6.08 Å². The van der Waals surface area contributed by atoms with Crippen LogP contribution in [0.15, 0.2) is 12.2 Å². The SMILES string of the molecule is O[C@@H]1/C=C/CCCCCCCCCCCCCCC1. The Hall–Kier alpha value is -0.300. The summed E-state index contributed by atoms with van der Waals surface area (Å²) < 4.78 is 0. The van der Waals surface area contributed by atoms with Crippen LogP contribution in [0.5, 0.6) is 0 Å². The Morgan fingerprint density at radius 2 is 1.00 bits per heavy atom. The first kappa shape index (κ1) is 16.8. The lowest BCUT2D eigenvalue weighted by molar-refractivity contribution is 0.207. The normalized spacial score (nSPS) is 28.2. The van der Waals surface area contributed by atoms with Crippen LogP contribution >= 0.6 is 0 Å². The molecule has 0 radical (unpaired) electrons. The van der Waals surface area contributed by atoms with E-state index in [1.165, 1.54) is 83.5 Å². The van der Waals surface area contributed by atoms with Gasteiger partial charge in [-0.15, -0.1) is 0 Å². The van der Waals surface area contributed by atoms with Gasteiger partial charge < -0.3 is 5.11 Å². The highest BCUT2D eigenvalue weighted by Crippen LogP contribution is 2.14. The molecule has 0 aliphatic heterocycles. The van der Waals surface area contributed by atoms with Crippen molar-refractivity contribution >= 4 is 0 Å². The molecular formula is C18H34O. The summed E-state index contributed by atoms with van der Waals surface area (Å²) in [7, 11) is 0. The maximum Gasteiger partial charge on any atom is 0.0720 e. The Morgan fingerprint density at radius 3 is 1.53 bits per heavy atom. The zero-order valence-electron chi connectivity index (χ0n) is 12.8. The van der Waals surface area contributed by atoms with Crippen LogP contribution < -0.4 is 0 Å². The minimum Gasteiger partial charge on any atom is -0.389 e. The monoisotopic (exact) mass is 266 g/mol. The third-order valence-corrected chi connectivity index (χ3v) is 4.23. The quantitative estimate of drug-likeness (QED) is 0.552. The van der Waals surface area contributed by atoms with Crippen molar-refractivity contribution in [2.75, 3.05) is 0 Å². The van der Waals surface area contributed by atoms with Crippen molar-refractivity contribution in [3.63, 3.8) is 0 Å². The first-order chi connectivity index (χ1) is 9.39. The van der Waals surface area contributed by atoms with Crippen LogP contribution in [0, 0.1) is 0 Å². The molecule has 1 heteroatoms. The fraction of sp³-hybridized carbons (Fsp3) is 0.889. The second kappa shape index (κ2) is 12.7. The van der Waals surface area contributed by atoms with E-state index >= 15 is 0 Å². The number of aliphatic hydroxyl groups excluding tert-OH is 1. The highest BCUT2D eigenvalue weighted by atomic mass is 16.3. The Kier molecular flexibility index (Phi) is 11.2. The van der Waals surface area contributed by atoms with Crippen molar-refractivity contribution in [3.8, 4) is 0 Å². The van der Waals surface area contributed by atoms with E-state index in [1.807, 2.05) is 6.08 Å². The van der Waals surface area contributed by atoms with Gasteiger partial charge in [-0.1, -0.05) is 89.2 Å². The van der Waals surface area contributed by atoms with E-state index in [1.54, 1.807) is 0 Å². The summed E-state index contributed by atoms with van der Waals surface area (Å²) in [5.41, 5.74) is 0. The summed E-state index contributed by atoms with van der Waals surface area (Å²) in [6.07, 6.45) is 24.0. The lowest BCUT2D eigenvalue weighted by atomic mass is 10.0. The number of aliphatic hydroxyl groups is 1. The fourth-order valence-electron chi connectivity index (χ4n) is 2.91. The predicted molar refractivity (Wildman–Crippen MR) is 84.4 cm³/mol. The van der Waals surface area contributed by atoms with Crippen LogP contribution in [-0.2, 0) is 0 Å². The molecule has 0 fully saturated rings. The van der Waals surface area contributed by atoms with Crippen molar-refractivity contribution in [1.82, 2.24) is 0 Å². The van der Waals surface area contributed by atoms with Gasteiger partial charge in [0.1, 0.15) is 0 Å². The lowest BCUT2D eigenvalue weighted by Gasteiger charge is -2.06. The van der Waals surface area contributed by atoms with Gasteiger partial charge in [-0.3, -0.25) is 0 Å². The molecule has 0 heterocycles. The molecule has 0 spiro atoms. The van der Waals surface area contributed by atoms with Gasteiger partial charge in [0.25, 0.3) is 0 Å². The summed E-state index contributed by atoms with van der Waals surface area (Å²) in [6, 6.07) is 0. The van der Waals surface area contributed by atoms with Crippen molar-refractivity contribution in [2.45, 2.75) is 102 Å². The Bertz CT molecular complexity index is 210. The average molecular weight is 266 g/mol. The molecule has 1 atom stereocenters. The molecule has 19 heavy (non-hydrogen) atoms. The van der Waals surface area contributed by atoms with Gasteiger partial charge in [0.05, 0.1) is 6.10 Å². The van der Waals surface area contributed by atoms with Crippen molar-refractivity contribution in [2.24, 2.45) is 0 Å². The van der Waals surface area contributed by atoms with E-state index in [0.717, 1.165) is 12.8 Å². The van der Waals surface area contributed by atoms with Crippen LogP contribution in [0.1, 0.15) is 96.3 Å². The number of hydrogen-bond acceptors (Lipinski definition) is 1. The van der Waals surface area contributed by atoms with Crippen molar-refractivity contribution in [1.29, 1.82) is 0 Å². The fourth-order valence-corrected chi connectivity index (χ4v) is 2.91. The van der Waals surface area contributed by atoms with Gasteiger partial charge in [-0.25, -0.2) is 0 Å². The second-order valence-electron chi connectivity index (χ2n) is 6.17. The molecule has 1 N–H and O–H groups in total. The molecule has 0 bridgehead atoms. The van der Waals surface area contributed by atoms with Crippen LogP contribution in [0.2, 0.25) is 0 Å². The zero-order valence-corrected chi connectivity index (χ0v) is 12.8. The predicted octanol–water partition coefficient (Wildman–Crippen LogP) is 5.77. The van der Waals surface area contributed by atoms with Crippen LogP contribution in [-0.4, -0.2) is 11.2 Å². The Balaban J connectivity index is 2.16. The summed E-state index contributed by atoms with van der Waals surface area (Å²) >= 11 is 0. The number of allylic oxidation sites excluding steroid dienone is 1. The smallest absolute Gasteiger partial charge is 0.0720 e. The minimum absolute atomic E-state index is 0.195. The van der Waals surface area contributed by atoms with E-state index < -0.39 is 0 Å². The first-order valence-corrected chi connectivity index (χ1v) is 8.74. The van der Waals surface area contributed by atoms with Gasteiger partial charge in [-0.2, -0.15) is 0 Å². The lowest BCUT2D eigenvalue weighted by Crippen LogP contribution is -2.01. The van der Waals surface area contributed by atoms with Crippen LogP contribution in [0.3, 0.4) is 0 Å². The minimum atomic E-state index is -0.195. The summed E-state index contributed by atoms with van der Waals surface area (Å²) in [5, 5.41) is 9.81. The molecule has 0 amide bonds. The van der Waals surface area contributed by atoms with Crippen LogP contribution in [0.4, 0.5) is 0 Å². The molecule has 0 saturated carbocycles. The molecule has 1 rings (SSSR count). The van der Waals surface area contributed by atoms with Gasteiger partial charge in [0, 0.05) is 0 Å². The maximum atomic E-state index is 9.81. The first-order valence-electron chi connectivity index (χ1n) is 8.74. The molecule has 0 unspecified atom stereocenters. The third-order valence-electron chi connectivity index (χ3n) is 4.23. The highest BCUT2D eigenvalue weighted by molar-refractivity contribution is 4.88. The molecule has 0 aromatic heterocycles. The Labute approximate surface area is 120 Å². The molecular weight excluding hydrogens is 232 g/mol. The maximum absolute atomic E-state index is 9.81. The van der Waals surface area contributed by atoms with Gasteiger partial charge in [0.2, 0.25) is 0 Å². The number of rotatable bonds is 0. The van der Waals surface area contributed by atoms with Gasteiger partial charge in [-0.05, 0) is 19.3 Å². The average Bonchev–Trinajstić information content (AvgIpc) is 2.41. The summed E-state index contributed by atoms with van der Waals surface area (Å²) in [5.74, 6) is 0. The largest absolute Gasteiger partial charge is 0.389 e. The molecule has 0 aromatic carbocycles. The topological polar surface area (TPSA) is 20.2 Å². The molecule has 1 nitrogen and oxygen atoms in total.